The second kappa shape index (κ2) is 12.0. The number of nitrogens with zero attached hydrogens (tertiary/aromatic N) is 1. The molecule has 0 aromatic heterocycles. The zero-order valence-electron chi connectivity index (χ0n) is 18.7. The molecule has 0 radical (unpaired) electrons. The van der Waals surface area contributed by atoms with E-state index in [1.54, 1.807) is 36.4 Å². The lowest BCUT2D eigenvalue weighted by Crippen LogP contribution is -2.24. The molecule has 0 saturated carbocycles. The van der Waals surface area contributed by atoms with Gasteiger partial charge in [-0.15, -0.1) is 0 Å². The van der Waals surface area contributed by atoms with Crippen molar-refractivity contribution in [3.8, 4) is 28.7 Å². The van der Waals surface area contributed by atoms with Crippen molar-refractivity contribution in [2.45, 2.75) is 6.61 Å². The van der Waals surface area contributed by atoms with Crippen molar-refractivity contribution in [3.05, 3.63) is 77.9 Å². The number of methoxy groups -OCH3 is 3. The second-order valence-corrected chi connectivity index (χ2v) is 6.75. The molecule has 3 aromatic rings. The van der Waals surface area contributed by atoms with Crippen LogP contribution in [0.15, 0.2) is 71.8 Å². The van der Waals surface area contributed by atoms with Crippen LogP contribution in [0.2, 0.25) is 0 Å². The van der Waals surface area contributed by atoms with E-state index in [0.29, 0.717) is 40.9 Å². The monoisotopic (exact) mass is 450 g/mol. The van der Waals surface area contributed by atoms with Crippen molar-refractivity contribution in [1.29, 1.82) is 0 Å². The number of ether oxygens (including phenoxy) is 5. The van der Waals surface area contributed by atoms with Crippen LogP contribution in [0, 0.1) is 0 Å². The maximum absolute atomic E-state index is 12.1. The summed E-state index contributed by atoms with van der Waals surface area (Å²) in [4.78, 5) is 12.1. The molecule has 0 atom stereocenters. The summed E-state index contributed by atoms with van der Waals surface area (Å²) < 4.78 is 27.2. The minimum atomic E-state index is -0.407. The lowest BCUT2D eigenvalue weighted by molar-refractivity contribution is -0.123. The van der Waals surface area contributed by atoms with Crippen LogP contribution >= 0.6 is 0 Å². The highest BCUT2D eigenvalue weighted by Gasteiger charge is 2.14. The van der Waals surface area contributed by atoms with Gasteiger partial charge in [-0.1, -0.05) is 30.3 Å². The van der Waals surface area contributed by atoms with E-state index in [1.807, 2.05) is 30.3 Å². The Labute approximate surface area is 192 Å². The molecule has 1 amide bonds. The van der Waals surface area contributed by atoms with Crippen LogP contribution in [-0.4, -0.2) is 40.1 Å². The van der Waals surface area contributed by atoms with Crippen LogP contribution in [-0.2, 0) is 11.4 Å². The molecule has 0 aliphatic rings. The predicted octanol–water partition coefficient (Wildman–Crippen LogP) is 3.82. The number of hydrazone groups is 1. The Morgan fingerprint density at radius 1 is 0.818 bits per heavy atom. The molecule has 3 aromatic carbocycles. The van der Waals surface area contributed by atoms with E-state index in [1.165, 1.54) is 27.5 Å². The second-order valence-electron chi connectivity index (χ2n) is 6.75. The first-order chi connectivity index (χ1) is 16.1. The molecule has 3 rings (SSSR count). The minimum absolute atomic E-state index is 0.190. The molecule has 0 heterocycles. The zero-order valence-corrected chi connectivity index (χ0v) is 18.7. The first kappa shape index (κ1) is 23.5. The molecule has 0 saturated heterocycles. The third kappa shape index (κ3) is 6.64. The van der Waals surface area contributed by atoms with Gasteiger partial charge in [0.25, 0.3) is 5.91 Å². The van der Waals surface area contributed by atoms with E-state index in [2.05, 4.69) is 10.5 Å². The minimum Gasteiger partial charge on any atom is -0.493 e. The highest BCUT2D eigenvalue weighted by Crippen LogP contribution is 2.38. The normalized spacial score (nSPS) is 10.5. The van der Waals surface area contributed by atoms with Gasteiger partial charge in [0.1, 0.15) is 18.1 Å². The number of rotatable bonds is 11. The van der Waals surface area contributed by atoms with Crippen molar-refractivity contribution in [1.82, 2.24) is 5.43 Å². The van der Waals surface area contributed by atoms with E-state index in [9.17, 15) is 4.79 Å². The fraction of sp³-hybridized carbons (Fsp3) is 0.200. The maximum atomic E-state index is 12.1. The van der Waals surface area contributed by atoms with Gasteiger partial charge >= 0.3 is 0 Å². The summed E-state index contributed by atoms with van der Waals surface area (Å²) in [6, 6.07) is 20.4. The fourth-order valence-electron chi connectivity index (χ4n) is 2.95. The molecule has 0 bridgehead atoms. The lowest BCUT2D eigenvalue weighted by Gasteiger charge is -2.13. The van der Waals surface area contributed by atoms with Crippen molar-refractivity contribution in [2.24, 2.45) is 5.10 Å². The molecule has 0 unspecified atom stereocenters. The number of amides is 1. The summed E-state index contributed by atoms with van der Waals surface area (Å²) in [5.74, 6) is 2.26. The number of carbonyl (C=O) groups is 1. The molecule has 172 valence electrons. The first-order valence-electron chi connectivity index (χ1n) is 10.1. The Kier molecular flexibility index (Phi) is 8.53. The number of hydrogen-bond acceptors (Lipinski definition) is 7. The Morgan fingerprint density at radius 3 is 2.12 bits per heavy atom. The molecular weight excluding hydrogens is 424 g/mol. The van der Waals surface area contributed by atoms with Crippen LogP contribution in [0.25, 0.3) is 0 Å². The number of benzene rings is 3. The molecule has 0 aliphatic carbocycles. The van der Waals surface area contributed by atoms with Crippen LogP contribution in [0.3, 0.4) is 0 Å². The largest absolute Gasteiger partial charge is 0.493 e. The van der Waals surface area contributed by atoms with E-state index >= 15 is 0 Å². The van der Waals surface area contributed by atoms with Crippen LogP contribution in [0.5, 0.6) is 28.7 Å². The van der Waals surface area contributed by atoms with Crippen LogP contribution in [0.4, 0.5) is 0 Å². The lowest BCUT2D eigenvalue weighted by atomic mass is 10.2. The fourth-order valence-corrected chi connectivity index (χ4v) is 2.95. The molecule has 1 N–H and O–H groups in total. The van der Waals surface area contributed by atoms with Gasteiger partial charge < -0.3 is 23.7 Å². The molecule has 8 nitrogen and oxygen atoms in total. The zero-order chi connectivity index (χ0) is 23.5. The first-order valence-corrected chi connectivity index (χ1v) is 10.1. The summed E-state index contributed by atoms with van der Waals surface area (Å²) in [7, 11) is 4.57. The molecule has 0 fully saturated rings. The average Bonchev–Trinajstić information content (AvgIpc) is 2.87. The van der Waals surface area contributed by atoms with Crippen molar-refractivity contribution < 1.29 is 28.5 Å². The Hall–Kier alpha value is -4.20. The number of hydrogen-bond donors (Lipinski definition) is 1. The SMILES string of the molecule is COc1ccc(/C=N/NC(=O)COc2ccc(OCc3ccccc3)cc2)c(OC)c1OC. The molecule has 0 spiro atoms. The van der Waals surface area contributed by atoms with E-state index in [4.69, 9.17) is 23.7 Å². The highest BCUT2D eigenvalue weighted by atomic mass is 16.5. The van der Waals surface area contributed by atoms with Crippen molar-refractivity contribution >= 4 is 12.1 Å². The summed E-state index contributed by atoms with van der Waals surface area (Å²) in [6.07, 6.45) is 1.46. The molecule has 8 heteroatoms. The van der Waals surface area contributed by atoms with Crippen molar-refractivity contribution in [3.63, 3.8) is 0 Å². The quantitative estimate of drug-likeness (QED) is 0.353. The maximum Gasteiger partial charge on any atom is 0.277 e. The average molecular weight is 450 g/mol. The number of nitrogens with one attached hydrogen (secondary N) is 1. The van der Waals surface area contributed by atoms with Crippen molar-refractivity contribution in [2.75, 3.05) is 27.9 Å². The number of carbonyl (C=O) groups excluding carboxylic acids is 1. The summed E-state index contributed by atoms with van der Waals surface area (Å²) in [5.41, 5.74) is 4.12. The summed E-state index contributed by atoms with van der Waals surface area (Å²) in [5, 5.41) is 3.96. The standard InChI is InChI=1S/C25H26N2O6/c1-29-22-14-9-19(24(30-2)25(22)31-3)15-26-27-23(28)17-33-21-12-10-20(11-13-21)32-16-18-7-5-4-6-8-18/h4-15H,16-17H2,1-3H3,(H,27,28)/b26-15+. The molecule has 0 aliphatic heterocycles. The van der Waals surface area contributed by atoms with Gasteiger partial charge in [-0.25, -0.2) is 5.43 Å². The van der Waals surface area contributed by atoms with Crippen LogP contribution in [0.1, 0.15) is 11.1 Å². The smallest absolute Gasteiger partial charge is 0.277 e. The van der Waals surface area contributed by atoms with E-state index in [-0.39, 0.29) is 6.61 Å². The molecular formula is C25H26N2O6. The third-order valence-corrected chi connectivity index (χ3v) is 4.57. The van der Waals surface area contributed by atoms with Crippen LogP contribution < -0.4 is 29.1 Å². The van der Waals surface area contributed by atoms with Gasteiger partial charge in [0.15, 0.2) is 18.1 Å². The van der Waals surface area contributed by atoms with Gasteiger partial charge in [0, 0.05) is 5.56 Å². The van der Waals surface area contributed by atoms with Gasteiger partial charge in [0.05, 0.1) is 27.5 Å². The Balaban J connectivity index is 1.48. The summed E-state index contributed by atoms with van der Waals surface area (Å²) >= 11 is 0. The van der Waals surface area contributed by atoms with E-state index in [0.717, 1.165) is 5.56 Å². The Morgan fingerprint density at radius 2 is 1.48 bits per heavy atom. The topological polar surface area (TPSA) is 87.6 Å². The predicted molar refractivity (Wildman–Crippen MR) is 125 cm³/mol. The summed E-state index contributed by atoms with van der Waals surface area (Å²) in [6.45, 7) is 0.289. The highest BCUT2D eigenvalue weighted by molar-refractivity contribution is 5.87. The van der Waals surface area contributed by atoms with Gasteiger partial charge in [-0.2, -0.15) is 5.10 Å². The van der Waals surface area contributed by atoms with E-state index < -0.39 is 5.91 Å². The molecule has 33 heavy (non-hydrogen) atoms. The van der Waals surface area contributed by atoms with Gasteiger partial charge in [-0.3, -0.25) is 4.79 Å². The van der Waals surface area contributed by atoms with Gasteiger partial charge in [-0.05, 0) is 42.0 Å². The van der Waals surface area contributed by atoms with Gasteiger partial charge in [0.2, 0.25) is 5.75 Å². The third-order valence-electron chi connectivity index (χ3n) is 4.57. The Bertz CT molecular complexity index is 1070.